The lowest BCUT2D eigenvalue weighted by molar-refractivity contribution is -0.122. The van der Waals surface area contributed by atoms with Gasteiger partial charge in [0.2, 0.25) is 5.91 Å². The van der Waals surface area contributed by atoms with E-state index in [4.69, 9.17) is 16.2 Å². The maximum atomic E-state index is 13.4. The molecule has 0 spiro atoms. The number of piperidine rings is 2. The Morgan fingerprint density at radius 3 is 2.27 bits per heavy atom. The molecule has 3 fully saturated rings. The van der Waals surface area contributed by atoms with E-state index in [1.54, 1.807) is 31.7 Å². The van der Waals surface area contributed by atoms with E-state index >= 15 is 0 Å². The van der Waals surface area contributed by atoms with Crippen LogP contribution in [0.15, 0.2) is 18.2 Å². The minimum Gasteiger partial charge on any atom is -0.482 e. The quantitative estimate of drug-likeness (QED) is 0.621. The van der Waals surface area contributed by atoms with Crippen LogP contribution in [0.25, 0.3) is 0 Å². The molecule has 4 heterocycles. The summed E-state index contributed by atoms with van der Waals surface area (Å²) in [5.41, 5.74) is 12.2. The number of hydrogen-bond donors (Lipinski definition) is 2. The number of rotatable bonds is 4. The van der Waals surface area contributed by atoms with Crippen molar-refractivity contribution in [1.82, 2.24) is 8.61 Å². The van der Waals surface area contributed by atoms with E-state index in [2.05, 4.69) is 0 Å². The van der Waals surface area contributed by atoms with Gasteiger partial charge in [-0.15, -0.1) is 12.4 Å². The maximum Gasteiger partial charge on any atom is 0.282 e. The van der Waals surface area contributed by atoms with E-state index in [0.717, 1.165) is 12.8 Å². The molecule has 2 bridgehead atoms. The van der Waals surface area contributed by atoms with Crippen molar-refractivity contribution in [2.24, 2.45) is 11.5 Å². The normalized spacial score (nSPS) is 28.7. The third kappa shape index (κ3) is 4.21. The Labute approximate surface area is 199 Å². The Morgan fingerprint density at radius 2 is 1.67 bits per heavy atom. The molecule has 0 aromatic heterocycles. The largest absolute Gasteiger partial charge is 0.482 e. The highest BCUT2D eigenvalue weighted by Gasteiger charge is 2.51. The predicted molar refractivity (Wildman–Crippen MR) is 125 cm³/mol. The van der Waals surface area contributed by atoms with Crippen LogP contribution in [0.2, 0.25) is 0 Å². The van der Waals surface area contributed by atoms with Crippen LogP contribution in [0.1, 0.15) is 48.9 Å². The van der Waals surface area contributed by atoms with E-state index in [9.17, 15) is 18.0 Å². The van der Waals surface area contributed by atoms with Gasteiger partial charge in [0.15, 0.2) is 6.61 Å². The molecular weight excluding hydrogens is 470 g/mol. The molecule has 5 rings (SSSR count). The monoisotopic (exact) mass is 499 g/mol. The van der Waals surface area contributed by atoms with Gasteiger partial charge in [-0.1, -0.05) is 0 Å². The van der Waals surface area contributed by atoms with E-state index in [-0.39, 0.29) is 49.1 Å². The van der Waals surface area contributed by atoms with Gasteiger partial charge in [-0.2, -0.15) is 17.0 Å². The van der Waals surface area contributed by atoms with Crippen molar-refractivity contribution < 1.29 is 22.7 Å². The summed E-state index contributed by atoms with van der Waals surface area (Å²) in [6.45, 7) is 0.826. The number of carbonyl (C=O) groups excluding carboxylic acids is 2. The minimum atomic E-state index is -3.57. The zero-order valence-electron chi connectivity index (χ0n) is 18.3. The van der Waals surface area contributed by atoms with Crippen LogP contribution in [-0.4, -0.2) is 72.7 Å². The van der Waals surface area contributed by atoms with Crippen LogP contribution >= 0.6 is 12.4 Å². The molecule has 0 radical (unpaired) electrons. The molecule has 10 nitrogen and oxygen atoms in total. The summed E-state index contributed by atoms with van der Waals surface area (Å²) < 4.78 is 35.7. The van der Waals surface area contributed by atoms with E-state index < -0.39 is 16.1 Å². The molecule has 33 heavy (non-hydrogen) atoms. The molecule has 4 aliphatic rings. The standard InChI is InChI=1S/C21H29N5O5S.ClH/c22-14-5-7-24(8-6-14)32(29,30)26-15-2-3-16(26)11-17(10-15)25-18-9-13(21(23)28)1-4-19(18)31-12-20(25)27;/h1,4,9,14-17H,2-3,5-8,10-12,22H2,(H2,23,28);1H. The fourth-order valence-electron chi connectivity index (χ4n) is 5.66. The van der Waals surface area contributed by atoms with Crippen LogP contribution in [0, 0.1) is 0 Å². The number of nitrogens with zero attached hydrogens (tertiary/aromatic N) is 3. The lowest BCUT2D eigenvalue weighted by Gasteiger charge is -2.45. The lowest BCUT2D eigenvalue weighted by Crippen LogP contribution is -2.59. The number of fused-ring (bicyclic) bond motifs is 3. The average Bonchev–Trinajstić information content (AvgIpc) is 3.05. The van der Waals surface area contributed by atoms with Crippen molar-refractivity contribution in [1.29, 1.82) is 0 Å². The highest BCUT2D eigenvalue weighted by Crippen LogP contribution is 2.44. The first-order valence-electron chi connectivity index (χ1n) is 11.2. The van der Waals surface area contributed by atoms with E-state index in [0.29, 0.717) is 55.8 Å². The highest BCUT2D eigenvalue weighted by atomic mass is 35.5. The van der Waals surface area contributed by atoms with Crippen LogP contribution < -0.4 is 21.1 Å². The Balaban J connectivity index is 0.00000259. The first kappa shape index (κ1) is 24.2. The topological polar surface area (TPSA) is 139 Å². The summed E-state index contributed by atoms with van der Waals surface area (Å²) in [5.74, 6) is -0.237. The van der Waals surface area contributed by atoms with Crippen LogP contribution in [0.5, 0.6) is 5.75 Å². The Hall–Kier alpha value is -1.92. The number of primary amides is 1. The number of hydrogen-bond acceptors (Lipinski definition) is 6. The second kappa shape index (κ2) is 9.03. The predicted octanol–water partition coefficient (Wildman–Crippen LogP) is 0.596. The van der Waals surface area contributed by atoms with Crippen molar-refractivity contribution in [2.75, 3.05) is 24.6 Å². The van der Waals surface area contributed by atoms with Gasteiger partial charge in [0.1, 0.15) is 5.75 Å². The maximum absolute atomic E-state index is 13.4. The minimum absolute atomic E-state index is 0. The van der Waals surface area contributed by atoms with Gasteiger partial charge in [0, 0.05) is 42.8 Å². The number of anilines is 1. The number of amides is 2. The number of ether oxygens (including phenoxy) is 1. The fourth-order valence-corrected chi connectivity index (χ4v) is 7.73. The second-order valence-corrected chi connectivity index (χ2v) is 11.0. The number of nitrogens with two attached hydrogens (primary N) is 2. The zero-order chi connectivity index (χ0) is 22.6. The molecule has 2 unspecified atom stereocenters. The van der Waals surface area contributed by atoms with Gasteiger partial charge < -0.3 is 21.1 Å². The molecule has 182 valence electrons. The van der Waals surface area contributed by atoms with Gasteiger partial charge in [-0.05, 0) is 56.7 Å². The average molecular weight is 500 g/mol. The number of benzene rings is 1. The molecule has 0 aliphatic carbocycles. The van der Waals surface area contributed by atoms with Gasteiger partial charge in [0.05, 0.1) is 5.69 Å². The summed E-state index contributed by atoms with van der Waals surface area (Å²) in [6, 6.07) is 4.42. The molecule has 4 aliphatic heterocycles. The molecular formula is C21H30ClN5O5S. The van der Waals surface area contributed by atoms with Crippen molar-refractivity contribution >= 4 is 40.1 Å². The molecule has 0 saturated carbocycles. The third-order valence-electron chi connectivity index (χ3n) is 7.22. The molecule has 1 aromatic carbocycles. The SMILES string of the molecule is Cl.NC(=O)c1ccc2c(c1)N(C1CC3CCC(C1)N3S(=O)(=O)N1CCC(N)CC1)C(=O)CO2. The molecule has 12 heteroatoms. The van der Waals surface area contributed by atoms with E-state index in [1.807, 2.05) is 0 Å². The van der Waals surface area contributed by atoms with Gasteiger partial charge in [0.25, 0.3) is 16.1 Å². The Kier molecular flexibility index (Phi) is 6.62. The van der Waals surface area contributed by atoms with Crippen molar-refractivity contribution in [3.05, 3.63) is 23.8 Å². The van der Waals surface area contributed by atoms with Crippen molar-refractivity contribution in [2.45, 2.75) is 62.7 Å². The summed E-state index contributed by atoms with van der Waals surface area (Å²) >= 11 is 0. The Morgan fingerprint density at radius 1 is 1.03 bits per heavy atom. The van der Waals surface area contributed by atoms with Gasteiger partial charge >= 0.3 is 0 Å². The van der Waals surface area contributed by atoms with Gasteiger partial charge in [-0.25, -0.2) is 0 Å². The fraction of sp³-hybridized carbons (Fsp3) is 0.619. The summed E-state index contributed by atoms with van der Waals surface area (Å²) in [4.78, 5) is 26.2. The smallest absolute Gasteiger partial charge is 0.282 e. The highest BCUT2D eigenvalue weighted by molar-refractivity contribution is 7.86. The van der Waals surface area contributed by atoms with Crippen LogP contribution in [0.4, 0.5) is 5.69 Å². The lowest BCUT2D eigenvalue weighted by atomic mass is 9.96. The first-order chi connectivity index (χ1) is 15.3. The molecule has 2 atom stereocenters. The number of halogens is 1. The van der Waals surface area contributed by atoms with Crippen molar-refractivity contribution in [3.63, 3.8) is 0 Å². The summed E-state index contributed by atoms with van der Waals surface area (Å²) in [5, 5.41) is 0. The molecule has 4 N–H and O–H groups in total. The zero-order valence-corrected chi connectivity index (χ0v) is 19.9. The number of carbonyl (C=O) groups is 2. The van der Waals surface area contributed by atoms with Crippen LogP contribution in [-0.2, 0) is 15.0 Å². The van der Waals surface area contributed by atoms with Crippen LogP contribution in [0.3, 0.4) is 0 Å². The summed E-state index contributed by atoms with van der Waals surface area (Å²) in [7, 11) is -3.57. The van der Waals surface area contributed by atoms with Gasteiger partial charge in [-0.3, -0.25) is 9.59 Å². The molecule has 2 amide bonds. The Bertz CT molecular complexity index is 1030. The third-order valence-corrected chi connectivity index (χ3v) is 9.37. The summed E-state index contributed by atoms with van der Waals surface area (Å²) in [6.07, 6.45) is 4.00. The van der Waals surface area contributed by atoms with E-state index in [1.165, 1.54) is 0 Å². The first-order valence-corrected chi connectivity index (χ1v) is 12.6. The molecule has 1 aromatic rings. The van der Waals surface area contributed by atoms with Crippen molar-refractivity contribution in [3.8, 4) is 5.75 Å². The molecule has 3 saturated heterocycles. The second-order valence-electron chi connectivity index (χ2n) is 9.18.